The number of nitrogens with one attached hydrogen (secondary N) is 2. The normalized spacial score (nSPS) is 12.0. The maximum absolute atomic E-state index is 12.3. The number of hydrogen-bond acceptors (Lipinski definition) is 2. The molecule has 41 heavy (non-hydrogen) atoms. The van der Waals surface area contributed by atoms with Crippen LogP contribution in [0, 0.1) is 0 Å². The van der Waals surface area contributed by atoms with E-state index in [-0.39, 0.29) is 11.8 Å². The predicted molar refractivity (Wildman–Crippen MR) is 180 cm³/mol. The zero-order valence-electron chi connectivity index (χ0n) is 28.3. The summed E-state index contributed by atoms with van der Waals surface area (Å²) in [5.41, 5.74) is 0. The maximum atomic E-state index is 12.3. The first-order chi connectivity index (χ1) is 20.1. The Morgan fingerprint density at radius 1 is 0.439 bits per heavy atom. The first kappa shape index (κ1) is 39.9. The van der Waals surface area contributed by atoms with E-state index < -0.39 is 6.04 Å². The van der Waals surface area contributed by atoms with Crippen LogP contribution >= 0.6 is 0 Å². The molecule has 1 unspecified atom stereocenters. The Hall–Kier alpha value is -1.06. The summed E-state index contributed by atoms with van der Waals surface area (Å²) in [6.45, 7) is 7.06. The van der Waals surface area contributed by atoms with E-state index in [1.807, 2.05) is 0 Å². The van der Waals surface area contributed by atoms with Crippen molar-refractivity contribution in [3.05, 3.63) is 0 Å². The minimum Gasteiger partial charge on any atom is -0.354 e. The van der Waals surface area contributed by atoms with E-state index in [1.54, 1.807) is 6.92 Å². The molecule has 244 valence electrons. The molecule has 0 aliphatic rings. The Morgan fingerprint density at radius 2 is 0.732 bits per heavy atom. The molecule has 0 saturated heterocycles. The van der Waals surface area contributed by atoms with Crippen LogP contribution in [0.3, 0.4) is 0 Å². The quantitative estimate of drug-likeness (QED) is 0.0761. The number of unbranched alkanes of at least 4 members (excludes halogenated alkanes) is 27. The van der Waals surface area contributed by atoms with Gasteiger partial charge in [0.2, 0.25) is 11.8 Å². The molecule has 2 N–H and O–H groups in total. The van der Waals surface area contributed by atoms with Gasteiger partial charge in [0.25, 0.3) is 0 Å². The third-order valence-electron chi connectivity index (χ3n) is 8.61. The molecule has 2 amide bonds. The van der Waals surface area contributed by atoms with Crippen molar-refractivity contribution in [3.63, 3.8) is 0 Å². The van der Waals surface area contributed by atoms with Crippen LogP contribution < -0.4 is 10.6 Å². The summed E-state index contributed by atoms with van der Waals surface area (Å²) < 4.78 is 0. The van der Waals surface area contributed by atoms with Crippen LogP contribution in [0.15, 0.2) is 0 Å². The number of amides is 2. The van der Waals surface area contributed by atoms with Crippen LogP contribution in [0.1, 0.15) is 213 Å². The minimum absolute atomic E-state index is 0.0126. The average molecular weight is 579 g/mol. The fraction of sp³-hybridized carbons (Fsp3) is 0.946. The molecular formula is C37H74N2O2. The van der Waals surface area contributed by atoms with Crippen molar-refractivity contribution >= 4 is 11.8 Å². The fourth-order valence-corrected chi connectivity index (χ4v) is 5.72. The molecule has 0 spiro atoms. The highest BCUT2D eigenvalue weighted by Gasteiger charge is 2.14. The first-order valence-electron chi connectivity index (χ1n) is 18.7. The molecule has 0 radical (unpaired) electrons. The summed E-state index contributed by atoms with van der Waals surface area (Å²) in [5, 5.41) is 5.87. The van der Waals surface area contributed by atoms with Crippen molar-refractivity contribution < 1.29 is 9.59 Å². The Kier molecular flexibility index (Phi) is 32.6. The van der Waals surface area contributed by atoms with Gasteiger partial charge in [0, 0.05) is 13.0 Å². The smallest absolute Gasteiger partial charge is 0.242 e. The predicted octanol–water partition coefficient (Wildman–Crippen LogP) is 11.4. The van der Waals surface area contributed by atoms with Crippen molar-refractivity contribution in [1.29, 1.82) is 0 Å². The average Bonchev–Trinajstić information content (AvgIpc) is 2.96. The summed E-state index contributed by atoms with van der Waals surface area (Å²) in [6.07, 6.45) is 39.2. The van der Waals surface area contributed by atoms with Gasteiger partial charge in [0.1, 0.15) is 6.04 Å². The van der Waals surface area contributed by atoms with Crippen molar-refractivity contribution in [3.8, 4) is 0 Å². The SMILES string of the molecule is CCCCCCCCCCCCCCCCCCCCCC(=O)NC(C)C(=O)NCCCCCCCCCCCC. The van der Waals surface area contributed by atoms with Crippen LogP contribution in [0.25, 0.3) is 0 Å². The van der Waals surface area contributed by atoms with Gasteiger partial charge in [-0.3, -0.25) is 9.59 Å². The first-order valence-corrected chi connectivity index (χ1v) is 18.7. The van der Waals surface area contributed by atoms with Gasteiger partial charge < -0.3 is 10.6 Å². The summed E-state index contributed by atoms with van der Waals surface area (Å²) >= 11 is 0. The second kappa shape index (κ2) is 33.4. The third-order valence-corrected chi connectivity index (χ3v) is 8.61. The lowest BCUT2D eigenvalue weighted by molar-refractivity contribution is -0.128. The molecular weight excluding hydrogens is 504 g/mol. The van der Waals surface area contributed by atoms with Crippen molar-refractivity contribution in [1.82, 2.24) is 10.6 Å². The molecule has 1 atom stereocenters. The Morgan fingerprint density at radius 3 is 1.07 bits per heavy atom. The largest absolute Gasteiger partial charge is 0.354 e. The Bertz CT molecular complexity index is 551. The van der Waals surface area contributed by atoms with Crippen LogP contribution in [-0.2, 0) is 9.59 Å². The van der Waals surface area contributed by atoms with Gasteiger partial charge in [-0.05, 0) is 19.8 Å². The number of hydrogen-bond donors (Lipinski definition) is 2. The standard InChI is InChI=1S/C37H74N2O2/c1-4-6-8-10-12-14-16-17-18-19-20-21-22-23-24-25-27-29-31-33-36(40)39-35(3)37(41)38-34-32-30-28-26-15-13-11-9-7-5-2/h35H,4-34H2,1-3H3,(H,38,41)(H,39,40). The van der Waals surface area contributed by atoms with Crippen molar-refractivity contribution in [2.45, 2.75) is 219 Å². The lowest BCUT2D eigenvalue weighted by Gasteiger charge is -2.14. The van der Waals surface area contributed by atoms with Gasteiger partial charge in [0.15, 0.2) is 0 Å². The van der Waals surface area contributed by atoms with Gasteiger partial charge in [0.05, 0.1) is 0 Å². The molecule has 0 fully saturated rings. The molecule has 0 bridgehead atoms. The van der Waals surface area contributed by atoms with E-state index in [0.29, 0.717) is 6.42 Å². The lowest BCUT2D eigenvalue weighted by atomic mass is 10.0. The van der Waals surface area contributed by atoms with Gasteiger partial charge in [-0.15, -0.1) is 0 Å². The topological polar surface area (TPSA) is 58.2 Å². The third kappa shape index (κ3) is 31.7. The number of rotatable bonds is 33. The minimum atomic E-state index is -0.439. The van der Waals surface area contributed by atoms with E-state index in [4.69, 9.17) is 0 Å². The summed E-state index contributed by atoms with van der Waals surface area (Å²) in [7, 11) is 0. The zero-order valence-corrected chi connectivity index (χ0v) is 28.3. The van der Waals surface area contributed by atoms with Crippen molar-refractivity contribution in [2.24, 2.45) is 0 Å². The van der Waals surface area contributed by atoms with Gasteiger partial charge in [-0.2, -0.15) is 0 Å². The second-order valence-electron chi connectivity index (χ2n) is 12.9. The molecule has 4 heteroatoms. The molecule has 4 nitrogen and oxygen atoms in total. The van der Waals surface area contributed by atoms with E-state index in [1.165, 1.54) is 167 Å². The second-order valence-corrected chi connectivity index (χ2v) is 12.9. The molecule has 0 aromatic carbocycles. The van der Waals surface area contributed by atoms with Crippen LogP contribution in [0.4, 0.5) is 0 Å². The van der Waals surface area contributed by atoms with E-state index >= 15 is 0 Å². The molecule has 0 rings (SSSR count). The Labute approximate surface area is 257 Å². The summed E-state index contributed by atoms with van der Waals surface area (Å²) in [5.74, 6) is -0.0407. The van der Waals surface area contributed by atoms with Gasteiger partial charge in [-0.25, -0.2) is 0 Å². The summed E-state index contributed by atoms with van der Waals surface area (Å²) in [4.78, 5) is 24.5. The van der Waals surface area contributed by atoms with Crippen molar-refractivity contribution in [2.75, 3.05) is 6.54 Å². The highest BCUT2D eigenvalue weighted by Crippen LogP contribution is 2.15. The summed E-state index contributed by atoms with van der Waals surface area (Å²) in [6, 6.07) is -0.439. The van der Waals surface area contributed by atoms with Crippen LogP contribution in [0.2, 0.25) is 0 Å². The molecule has 0 heterocycles. The monoisotopic (exact) mass is 579 g/mol. The molecule has 0 aromatic heterocycles. The highest BCUT2D eigenvalue weighted by atomic mass is 16.2. The van der Waals surface area contributed by atoms with Crippen LogP contribution in [0.5, 0.6) is 0 Å². The molecule has 0 saturated carbocycles. The zero-order chi connectivity index (χ0) is 30.1. The number of carbonyl (C=O) groups is 2. The van der Waals surface area contributed by atoms with E-state index in [0.717, 1.165) is 25.8 Å². The Balaban J connectivity index is 3.37. The van der Waals surface area contributed by atoms with Gasteiger partial charge >= 0.3 is 0 Å². The van der Waals surface area contributed by atoms with E-state index in [9.17, 15) is 9.59 Å². The molecule has 0 aromatic rings. The highest BCUT2D eigenvalue weighted by molar-refractivity contribution is 5.87. The van der Waals surface area contributed by atoms with Crippen LogP contribution in [-0.4, -0.2) is 24.4 Å². The fourth-order valence-electron chi connectivity index (χ4n) is 5.72. The number of carbonyl (C=O) groups excluding carboxylic acids is 2. The lowest BCUT2D eigenvalue weighted by Crippen LogP contribution is -2.45. The van der Waals surface area contributed by atoms with Gasteiger partial charge in [-0.1, -0.05) is 187 Å². The van der Waals surface area contributed by atoms with E-state index in [2.05, 4.69) is 24.5 Å². The molecule has 0 aliphatic carbocycles. The maximum Gasteiger partial charge on any atom is 0.242 e. The molecule has 0 aliphatic heterocycles.